The Balaban J connectivity index is 3.59. The summed E-state index contributed by atoms with van der Waals surface area (Å²) in [5.41, 5.74) is 5.60. The molecular weight excluding hydrogens is 204 g/mol. The summed E-state index contributed by atoms with van der Waals surface area (Å²) >= 11 is 0. The van der Waals surface area contributed by atoms with E-state index in [4.69, 9.17) is 5.73 Å². The highest BCUT2D eigenvalue weighted by atomic mass is 16.5. The lowest BCUT2D eigenvalue weighted by molar-refractivity contribution is -0.906. The molecule has 0 aromatic carbocycles. The minimum atomic E-state index is -0.102. The monoisotopic (exact) mass is 231 g/mol. The van der Waals surface area contributed by atoms with Crippen LogP contribution in [0.1, 0.15) is 32.6 Å². The number of hydrogen-bond donors (Lipinski definition) is 1. The minimum absolute atomic E-state index is 0.102. The Morgan fingerprint density at radius 1 is 1.25 bits per heavy atom. The van der Waals surface area contributed by atoms with Gasteiger partial charge >= 0.3 is 5.97 Å². The highest BCUT2D eigenvalue weighted by Gasteiger charge is 2.16. The molecule has 0 amide bonds. The Kier molecular flexibility index (Phi) is 8.21. The van der Waals surface area contributed by atoms with Crippen molar-refractivity contribution >= 4 is 5.97 Å². The molecule has 0 aliphatic carbocycles. The van der Waals surface area contributed by atoms with Gasteiger partial charge in [0, 0.05) is 13.0 Å². The Hall–Kier alpha value is -0.610. The van der Waals surface area contributed by atoms with E-state index >= 15 is 0 Å². The predicted molar refractivity (Wildman–Crippen MR) is 66.0 cm³/mol. The molecule has 0 saturated carbocycles. The van der Waals surface area contributed by atoms with Crippen molar-refractivity contribution in [3.63, 3.8) is 0 Å². The lowest BCUT2D eigenvalue weighted by Gasteiger charge is -2.33. The number of methoxy groups -OCH3 is 1. The zero-order valence-corrected chi connectivity index (χ0v) is 11.0. The first-order valence-electron chi connectivity index (χ1n) is 6.18. The van der Waals surface area contributed by atoms with Crippen molar-refractivity contribution in [1.82, 2.24) is 0 Å². The van der Waals surface area contributed by atoms with Gasteiger partial charge in [-0.25, -0.2) is 0 Å². The fraction of sp³-hybridized carbons (Fsp3) is 0.917. The van der Waals surface area contributed by atoms with Gasteiger partial charge in [0.15, 0.2) is 0 Å². The van der Waals surface area contributed by atoms with Gasteiger partial charge in [-0.1, -0.05) is 0 Å². The topological polar surface area (TPSA) is 52.3 Å². The molecule has 0 heterocycles. The number of unbranched alkanes of at least 4 members (excludes halogenated alkanes) is 2. The van der Waals surface area contributed by atoms with Crippen LogP contribution in [-0.2, 0) is 9.53 Å². The number of hydrogen-bond acceptors (Lipinski definition) is 3. The zero-order valence-electron chi connectivity index (χ0n) is 11.0. The number of ether oxygens (including phenoxy) is 1. The van der Waals surface area contributed by atoms with Crippen LogP contribution in [0, 0.1) is 0 Å². The highest BCUT2D eigenvalue weighted by molar-refractivity contribution is 5.68. The highest BCUT2D eigenvalue weighted by Crippen LogP contribution is 2.07. The van der Waals surface area contributed by atoms with E-state index < -0.39 is 0 Å². The molecule has 0 aliphatic heterocycles. The Labute approximate surface area is 99.3 Å². The Morgan fingerprint density at radius 3 is 2.44 bits per heavy atom. The van der Waals surface area contributed by atoms with E-state index in [0.717, 1.165) is 49.9 Å². The molecule has 0 aliphatic rings. The first kappa shape index (κ1) is 15.4. The third-order valence-corrected chi connectivity index (χ3v) is 3.24. The first-order chi connectivity index (χ1) is 7.58. The Bertz CT molecular complexity index is 197. The molecule has 1 unspecified atom stereocenters. The number of nitrogens with two attached hydrogens (primary N) is 1. The first-order valence-corrected chi connectivity index (χ1v) is 6.18. The van der Waals surface area contributed by atoms with Gasteiger partial charge in [-0.3, -0.25) is 4.79 Å². The molecule has 2 N–H and O–H groups in total. The van der Waals surface area contributed by atoms with Crippen LogP contribution >= 0.6 is 0 Å². The van der Waals surface area contributed by atoms with Crippen LogP contribution in [0.3, 0.4) is 0 Å². The maximum Gasteiger partial charge on any atom is 0.305 e. The fourth-order valence-electron chi connectivity index (χ4n) is 1.78. The number of carbonyl (C=O) groups is 1. The van der Waals surface area contributed by atoms with Gasteiger partial charge in [-0.15, -0.1) is 0 Å². The van der Waals surface area contributed by atoms with Crippen molar-refractivity contribution in [2.45, 2.75) is 32.6 Å². The molecular formula is C12H27N2O2+. The molecule has 0 aromatic rings. The lowest BCUT2D eigenvalue weighted by atomic mass is 10.1. The van der Waals surface area contributed by atoms with E-state index in [0.29, 0.717) is 6.42 Å². The van der Waals surface area contributed by atoms with E-state index in [9.17, 15) is 4.79 Å². The van der Waals surface area contributed by atoms with Gasteiger partial charge < -0.3 is 15.0 Å². The van der Waals surface area contributed by atoms with E-state index in [2.05, 4.69) is 18.7 Å². The van der Waals surface area contributed by atoms with Crippen molar-refractivity contribution in [3.8, 4) is 0 Å². The summed E-state index contributed by atoms with van der Waals surface area (Å²) in [6.45, 7) is 6.24. The third kappa shape index (κ3) is 6.80. The van der Waals surface area contributed by atoms with Gasteiger partial charge in [-0.05, 0) is 26.2 Å². The van der Waals surface area contributed by atoms with E-state index in [-0.39, 0.29) is 5.97 Å². The van der Waals surface area contributed by atoms with Crippen LogP contribution in [0.4, 0.5) is 0 Å². The molecule has 96 valence electrons. The van der Waals surface area contributed by atoms with Crippen LogP contribution in [0.25, 0.3) is 0 Å². The van der Waals surface area contributed by atoms with Gasteiger partial charge in [0.1, 0.15) is 0 Å². The minimum Gasteiger partial charge on any atom is -0.469 e. The standard InChI is InChI=1S/C12H27N2O2/c1-4-14(2,11-9-13)10-7-5-6-8-12(15)16-3/h4-11,13H2,1-3H3/q+1. The summed E-state index contributed by atoms with van der Waals surface area (Å²) in [5, 5.41) is 0. The summed E-state index contributed by atoms with van der Waals surface area (Å²) in [6, 6.07) is 0. The second-order valence-corrected chi connectivity index (χ2v) is 4.56. The second kappa shape index (κ2) is 8.53. The van der Waals surface area contributed by atoms with Gasteiger partial charge in [0.25, 0.3) is 0 Å². The van der Waals surface area contributed by atoms with Gasteiger partial charge in [0.2, 0.25) is 0 Å². The fourth-order valence-corrected chi connectivity index (χ4v) is 1.78. The van der Waals surface area contributed by atoms with Gasteiger partial charge in [0.05, 0.1) is 33.8 Å². The van der Waals surface area contributed by atoms with Crippen molar-refractivity contribution in [2.24, 2.45) is 5.73 Å². The average Bonchev–Trinajstić information content (AvgIpc) is 2.28. The molecule has 16 heavy (non-hydrogen) atoms. The van der Waals surface area contributed by atoms with Crippen molar-refractivity contribution in [3.05, 3.63) is 0 Å². The second-order valence-electron chi connectivity index (χ2n) is 4.56. The zero-order chi connectivity index (χ0) is 12.4. The summed E-state index contributed by atoms with van der Waals surface area (Å²) in [5.74, 6) is -0.102. The summed E-state index contributed by atoms with van der Waals surface area (Å²) in [6.07, 6.45) is 3.72. The molecule has 0 rings (SSSR count). The normalized spacial score (nSPS) is 14.5. The van der Waals surface area contributed by atoms with Crippen molar-refractivity contribution in [2.75, 3.05) is 40.3 Å². The number of rotatable bonds is 9. The van der Waals surface area contributed by atoms with Crippen LogP contribution in [0.2, 0.25) is 0 Å². The molecule has 0 saturated heterocycles. The number of carbonyl (C=O) groups excluding carboxylic acids is 1. The van der Waals surface area contributed by atoms with Crippen LogP contribution in [0.15, 0.2) is 0 Å². The quantitative estimate of drug-likeness (QED) is 0.368. The number of nitrogens with zero attached hydrogens (tertiary/aromatic N) is 1. The lowest BCUT2D eigenvalue weighted by Crippen LogP contribution is -2.47. The molecule has 4 heteroatoms. The van der Waals surface area contributed by atoms with Crippen LogP contribution in [0.5, 0.6) is 0 Å². The number of likely N-dealkylation sites (N-methyl/N-ethyl adjacent to an activating group) is 1. The molecule has 4 nitrogen and oxygen atoms in total. The SMILES string of the molecule is CC[N+](C)(CCN)CCCCCC(=O)OC. The largest absolute Gasteiger partial charge is 0.469 e. The van der Waals surface area contributed by atoms with Gasteiger partial charge in [-0.2, -0.15) is 0 Å². The van der Waals surface area contributed by atoms with Crippen LogP contribution in [-0.4, -0.2) is 50.8 Å². The molecule has 0 aromatic heterocycles. The van der Waals surface area contributed by atoms with Crippen molar-refractivity contribution in [1.29, 1.82) is 0 Å². The third-order valence-electron chi connectivity index (χ3n) is 3.24. The van der Waals surface area contributed by atoms with E-state index in [1.165, 1.54) is 7.11 Å². The van der Waals surface area contributed by atoms with Crippen molar-refractivity contribution < 1.29 is 14.0 Å². The smallest absolute Gasteiger partial charge is 0.305 e. The summed E-state index contributed by atoms with van der Waals surface area (Å²) in [7, 11) is 3.68. The molecule has 0 spiro atoms. The number of esters is 1. The Morgan fingerprint density at radius 2 is 1.94 bits per heavy atom. The summed E-state index contributed by atoms with van der Waals surface area (Å²) in [4.78, 5) is 10.9. The maximum absolute atomic E-state index is 10.9. The average molecular weight is 231 g/mol. The number of quaternary nitrogens is 1. The van der Waals surface area contributed by atoms with Crippen LogP contribution < -0.4 is 5.73 Å². The summed E-state index contributed by atoms with van der Waals surface area (Å²) < 4.78 is 5.63. The molecule has 0 fully saturated rings. The van der Waals surface area contributed by atoms with E-state index in [1.54, 1.807) is 0 Å². The molecule has 0 bridgehead atoms. The maximum atomic E-state index is 10.9. The predicted octanol–water partition coefficient (Wildman–Crippen LogP) is 1.14. The van der Waals surface area contributed by atoms with E-state index in [1.807, 2.05) is 0 Å². The molecule has 0 radical (unpaired) electrons. The molecule has 1 atom stereocenters.